The van der Waals surface area contributed by atoms with Crippen LogP contribution in [0.3, 0.4) is 0 Å². The van der Waals surface area contributed by atoms with E-state index in [1.54, 1.807) is 7.11 Å². The zero-order chi connectivity index (χ0) is 20.5. The molecule has 156 valence electrons. The summed E-state index contributed by atoms with van der Waals surface area (Å²) in [4.78, 5) is 27.3. The van der Waals surface area contributed by atoms with Crippen molar-refractivity contribution in [1.29, 1.82) is 0 Å². The average Bonchev–Trinajstić information content (AvgIpc) is 3.22. The molecule has 0 bridgehead atoms. The Morgan fingerprint density at radius 1 is 1.23 bits per heavy atom. The molecular weight excluding hydrogens is 388 g/mol. The van der Waals surface area contributed by atoms with Gasteiger partial charge in [-0.05, 0) is 23.8 Å². The Morgan fingerprint density at radius 2 is 2.10 bits per heavy atom. The van der Waals surface area contributed by atoms with Crippen LogP contribution in [0.1, 0.15) is 28.2 Å². The van der Waals surface area contributed by atoms with Crippen molar-refractivity contribution in [3.8, 4) is 5.75 Å². The zero-order valence-corrected chi connectivity index (χ0v) is 16.5. The summed E-state index contributed by atoms with van der Waals surface area (Å²) in [6, 6.07) is 7.30. The van der Waals surface area contributed by atoms with E-state index in [9.17, 15) is 9.59 Å². The van der Waals surface area contributed by atoms with Crippen LogP contribution >= 0.6 is 0 Å². The molecule has 3 N–H and O–H groups in total. The Balaban J connectivity index is 1.39. The van der Waals surface area contributed by atoms with Gasteiger partial charge in [0.1, 0.15) is 17.3 Å². The van der Waals surface area contributed by atoms with E-state index in [2.05, 4.69) is 20.9 Å². The van der Waals surface area contributed by atoms with E-state index in [0.29, 0.717) is 25.5 Å². The lowest BCUT2D eigenvalue weighted by molar-refractivity contribution is -0.126. The quantitative estimate of drug-likeness (QED) is 0.502. The lowest BCUT2D eigenvalue weighted by atomic mass is 9.94. The first-order chi connectivity index (χ1) is 14.5. The largest absolute Gasteiger partial charge is 0.497 e. The highest BCUT2D eigenvalue weighted by Crippen LogP contribution is 2.51. The number of nitrogens with one attached hydrogen (secondary N) is 3. The first-order valence-electron chi connectivity index (χ1n) is 10.1. The molecule has 0 radical (unpaired) electrons. The minimum Gasteiger partial charge on any atom is -0.497 e. The minimum atomic E-state index is -1.31. The number of furan rings is 1. The molecule has 2 fully saturated rings. The maximum absolute atomic E-state index is 13.1. The van der Waals surface area contributed by atoms with Crippen LogP contribution in [0.5, 0.6) is 5.75 Å². The molecule has 5 heterocycles. The second kappa shape index (κ2) is 6.07. The number of amides is 3. The third-order valence-corrected chi connectivity index (χ3v) is 6.56. The number of imide groups is 1. The van der Waals surface area contributed by atoms with Gasteiger partial charge in [0.05, 0.1) is 13.7 Å². The van der Waals surface area contributed by atoms with E-state index in [4.69, 9.17) is 13.9 Å². The normalized spacial score (nSPS) is 29.5. The third kappa shape index (κ3) is 2.39. The summed E-state index contributed by atoms with van der Waals surface area (Å²) >= 11 is 0. The van der Waals surface area contributed by atoms with Crippen molar-refractivity contribution in [2.45, 2.75) is 30.8 Å². The van der Waals surface area contributed by atoms with E-state index >= 15 is 0 Å². The number of hydrogen-bond acceptors (Lipinski definition) is 7. The third-order valence-electron chi connectivity index (χ3n) is 6.56. The minimum absolute atomic E-state index is 0.237. The van der Waals surface area contributed by atoms with E-state index in [1.807, 2.05) is 24.3 Å². The van der Waals surface area contributed by atoms with Gasteiger partial charge in [0, 0.05) is 43.7 Å². The number of ether oxygens (including phenoxy) is 2. The van der Waals surface area contributed by atoms with Crippen LogP contribution in [-0.4, -0.2) is 43.6 Å². The highest BCUT2D eigenvalue weighted by molar-refractivity contribution is 6.07. The number of carbonyl (C=O) groups is 2. The molecule has 2 unspecified atom stereocenters. The predicted octanol–water partition coefficient (Wildman–Crippen LogP) is 0.667. The van der Waals surface area contributed by atoms with Crippen molar-refractivity contribution < 1.29 is 23.5 Å². The highest BCUT2D eigenvalue weighted by Gasteiger charge is 2.61. The van der Waals surface area contributed by atoms with Gasteiger partial charge in [-0.2, -0.15) is 0 Å². The van der Waals surface area contributed by atoms with Gasteiger partial charge >= 0.3 is 6.03 Å². The molecule has 1 aromatic heterocycles. The molecule has 2 saturated heterocycles. The van der Waals surface area contributed by atoms with Crippen molar-refractivity contribution in [1.82, 2.24) is 20.9 Å². The molecule has 2 atom stereocenters. The van der Waals surface area contributed by atoms with E-state index in [1.165, 1.54) is 0 Å². The average molecular weight is 410 g/mol. The summed E-state index contributed by atoms with van der Waals surface area (Å²) < 4.78 is 17.4. The Kier molecular flexibility index (Phi) is 3.63. The molecule has 1 spiro atoms. The van der Waals surface area contributed by atoms with Crippen LogP contribution in [0.2, 0.25) is 0 Å². The summed E-state index contributed by atoms with van der Waals surface area (Å²) in [7, 11) is 1.63. The van der Waals surface area contributed by atoms with Crippen molar-refractivity contribution >= 4 is 11.9 Å². The van der Waals surface area contributed by atoms with Gasteiger partial charge in [-0.25, -0.2) is 4.79 Å². The maximum Gasteiger partial charge on any atom is 0.322 e. The van der Waals surface area contributed by atoms with Crippen molar-refractivity contribution in [2.24, 2.45) is 0 Å². The summed E-state index contributed by atoms with van der Waals surface area (Å²) in [5.41, 5.74) is 1.29. The van der Waals surface area contributed by atoms with Crippen molar-refractivity contribution in [3.05, 3.63) is 52.5 Å². The summed E-state index contributed by atoms with van der Waals surface area (Å²) in [5.74, 6) is 1.68. The summed E-state index contributed by atoms with van der Waals surface area (Å²) in [6.45, 7) is 2.88. The number of methoxy groups -OCH3 is 1. The van der Waals surface area contributed by atoms with Crippen LogP contribution in [0.25, 0.3) is 0 Å². The summed E-state index contributed by atoms with van der Waals surface area (Å²) in [5, 5.41) is 8.55. The van der Waals surface area contributed by atoms with Gasteiger partial charge in [-0.1, -0.05) is 6.07 Å². The van der Waals surface area contributed by atoms with Gasteiger partial charge in [-0.15, -0.1) is 0 Å². The molecule has 6 rings (SSSR count). The Labute approximate surface area is 172 Å². The Morgan fingerprint density at radius 3 is 2.80 bits per heavy atom. The van der Waals surface area contributed by atoms with Gasteiger partial charge in [0.15, 0.2) is 11.3 Å². The smallest absolute Gasteiger partial charge is 0.322 e. The topological polar surface area (TPSA) is 108 Å². The fourth-order valence-corrected chi connectivity index (χ4v) is 4.88. The molecule has 9 heteroatoms. The van der Waals surface area contributed by atoms with Crippen LogP contribution in [-0.2, 0) is 40.3 Å². The standard InChI is InChI=1S/C21H22N4O5/c1-28-14-3-2-12-9-25(21(11-29-21)15(12)7-14)10-20(18(26)23-19(27)24-20)17-6-13-8-22-5-4-16(13)30-17/h2-3,6-7,22H,4-5,8-11H2,1H3,(H2,23,24,26,27). The number of hydrogen-bond donors (Lipinski definition) is 3. The van der Waals surface area contributed by atoms with Crippen molar-refractivity contribution in [2.75, 3.05) is 26.8 Å². The fraction of sp³-hybridized carbons (Fsp3) is 0.429. The molecule has 4 aliphatic rings. The SMILES string of the molecule is COc1ccc2c(c1)C1(CO1)N(CC1(c3cc4c(o3)CCNC4)NC(=O)NC1=O)C2. The molecule has 9 nitrogen and oxygen atoms in total. The van der Waals surface area contributed by atoms with Crippen LogP contribution in [0, 0.1) is 0 Å². The second-order valence-corrected chi connectivity index (χ2v) is 8.25. The van der Waals surface area contributed by atoms with Gasteiger partial charge < -0.3 is 24.5 Å². The molecule has 30 heavy (non-hydrogen) atoms. The second-order valence-electron chi connectivity index (χ2n) is 8.25. The lowest BCUT2D eigenvalue weighted by Crippen LogP contribution is -2.53. The molecule has 0 aliphatic carbocycles. The van der Waals surface area contributed by atoms with E-state index in [0.717, 1.165) is 41.2 Å². The van der Waals surface area contributed by atoms with Gasteiger partial charge in [0.25, 0.3) is 5.91 Å². The predicted molar refractivity (Wildman–Crippen MR) is 104 cm³/mol. The van der Waals surface area contributed by atoms with Crippen molar-refractivity contribution in [3.63, 3.8) is 0 Å². The van der Waals surface area contributed by atoms with Crippen LogP contribution < -0.4 is 20.7 Å². The Bertz CT molecular complexity index is 1050. The van der Waals surface area contributed by atoms with Crippen LogP contribution in [0.4, 0.5) is 4.79 Å². The molecule has 4 aliphatic heterocycles. The number of carbonyl (C=O) groups excluding carboxylic acids is 2. The van der Waals surface area contributed by atoms with E-state index in [-0.39, 0.29) is 6.54 Å². The summed E-state index contributed by atoms with van der Waals surface area (Å²) in [6.07, 6.45) is 0.753. The van der Waals surface area contributed by atoms with Gasteiger partial charge in [0.2, 0.25) is 0 Å². The number of urea groups is 1. The number of rotatable bonds is 4. The Hall–Kier alpha value is -2.88. The molecular formula is C21H22N4O5. The molecule has 1 aromatic carbocycles. The number of epoxide rings is 1. The monoisotopic (exact) mass is 410 g/mol. The zero-order valence-electron chi connectivity index (χ0n) is 16.5. The van der Waals surface area contributed by atoms with Gasteiger partial charge in [-0.3, -0.25) is 15.0 Å². The highest BCUT2D eigenvalue weighted by atomic mass is 16.6. The molecule has 3 amide bonds. The molecule has 0 saturated carbocycles. The fourth-order valence-electron chi connectivity index (χ4n) is 4.88. The number of nitrogens with zero attached hydrogens (tertiary/aromatic N) is 1. The first-order valence-corrected chi connectivity index (χ1v) is 10.1. The van der Waals surface area contributed by atoms with Crippen LogP contribution in [0.15, 0.2) is 28.7 Å². The number of benzene rings is 1. The van der Waals surface area contributed by atoms with E-state index < -0.39 is 23.2 Å². The lowest BCUT2D eigenvalue weighted by Gasteiger charge is -2.31. The maximum atomic E-state index is 13.1. The first kappa shape index (κ1) is 17.9. The molecule has 2 aromatic rings. The number of fused-ring (bicyclic) bond motifs is 3.